The van der Waals surface area contributed by atoms with Gasteiger partial charge >= 0.3 is 6.03 Å². The predicted molar refractivity (Wildman–Crippen MR) is 84.0 cm³/mol. The molecule has 0 saturated carbocycles. The van der Waals surface area contributed by atoms with E-state index in [0.717, 1.165) is 0 Å². The molecule has 0 aromatic heterocycles. The van der Waals surface area contributed by atoms with E-state index in [-0.39, 0.29) is 6.54 Å². The van der Waals surface area contributed by atoms with Crippen LogP contribution in [0.15, 0.2) is 18.2 Å². The van der Waals surface area contributed by atoms with Crippen LogP contribution in [0.25, 0.3) is 0 Å². The van der Waals surface area contributed by atoms with Gasteiger partial charge in [-0.25, -0.2) is 4.79 Å². The number of halogens is 1. The number of amides is 2. The van der Waals surface area contributed by atoms with Crippen molar-refractivity contribution in [1.29, 1.82) is 0 Å². The van der Waals surface area contributed by atoms with Crippen molar-refractivity contribution in [3.05, 3.63) is 23.2 Å². The number of methoxy groups -OCH3 is 1. The van der Waals surface area contributed by atoms with Crippen molar-refractivity contribution in [1.82, 2.24) is 5.32 Å². The van der Waals surface area contributed by atoms with Gasteiger partial charge in [-0.3, -0.25) is 0 Å². The van der Waals surface area contributed by atoms with E-state index >= 15 is 0 Å². The monoisotopic (exact) mass is 318 g/mol. The fourth-order valence-corrected chi connectivity index (χ4v) is 2.47. The minimum absolute atomic E-state index is 0.155. The van der Waals surface area contributed by atoms with Gasteiger partial charge < -0.3 is 20.5 Å². The summed E-state index contributed by atoms with van der Waals surface area (Å²) < 4.78 is 5.13. The molecular weight excluding hydrogens is 300 g/mol. The van der Waals surface area contributed by atoms with Gasteiger partial charge in [0.15, 0.2) is 0 Å². The number of rotatable bonds is 6. The third-order valence-corrected chi connectivity index (χ3v) is 3.64. The number of hydrogen-bond donors (Lipinski definition) is 3. The first-order valence-electron chi connectivity index (χ1n) is 5.97. The molecule has 112 valence electrons. The predicted octanol–water partition coefficient (Wildman–Crippen LogP) is 2.58. The van der Waals surface area contributed by atoms with Gasteiger partial charge in [0.2, 0.25) is 0 Å². The largest absolute Gasteiger partial charge is 0.495 e. The second-order valence-corrected chi connectivity index (χ2v) is 5.88. The van der Waals surface area contributed by atoms with E-state index in [2.05, 4.69) is 10.6 Å². The maximum Gasteiger partial charge on any atom is 0.319 e. The van der Waals surface area contributed by atoms with Crippen molar-refractivity contribution >= 4 is 35.1 Å². The molecule has 1 rings (SSSR count). The molecule has 7 heteroatoms. The minimum atomic E-state index is -0.949. The van der Waals surface area contributed by atoms with E-state index in [4.69, 9.17) is 16.3 Å². The van der Waals surface area contributed by atoms with Crippen LogP contribution < -0.4 is 15.4 Å². The van der Waals surface area contributed by atoms with Gasteiger partial charge in [0.05, 0.1) is 18.4 Å². The second-order valence-electron chi connectivity index (χ2n) is 4.58. The molecule has 5 nitrogen and oxygen atoms in total. The third-order valence-electron chi connectivity index (χ3n) is 2.49. The van der Waals surface area contributed by atoms with Crippen LogP contribution in [0.4, 0.5) is 10.5 Å². The maximum absolute atomic E-state index is 11.8. The number of anilines is 1. The van der Waals surface area contributed by atoms with Crippen LogP contribution in [0.5, 0.6) is 5.75 Å². The summed E-state index contributed by atoms with van der Waals surface area (Å²) in [5, 5.41) is 15.7. The van der Waals surface area contributed by atoms with Gasteiger partial charge in [-0.2, -0.15) is 11.8 Å². The Morgan fingerprint density at radius 1 is 1.55 bits per heavy atom. The summed E-state index contributed by atoms with van der Waals surface area (Å²) in [7, 11) is 1.51. The number of aliphatic hydroxyl groups is 1. The highest BCUT2D eigenvalue weighted by atomic mass is 35.5. The molecule has 2 amide bonds. The molecule has 1 aromatic carbocycles. The Hall–Kier alpha value is -1.11. The Bertz CT molecular complexity index is 469. The fraction of sp³-hybridized carbons (Fsp3) is 0.462. The zero-order valence-electron chi connectivity index (χ0n) is 11.7. The lowest BCUT2D eigenvalue weighted by Crippen LogP contribution is -2.43. The van der Waals surface area contributed by atoms with Gasteiger partial charge in [-0.1, -0.05) is 11.6 Å². The van der Waals surface area contributed by atoms with E-state index in [1.54, 1.807) is 25.1 Å². The van der Waals surface area contributed by atoms with E-state index in [1.165, 1.54) is 18.9 Å². The lowest BCUT2D eigenvalue weighted by molar-refractivity contribution is 0.0876. The van der Waals surface area contributed by atoms with Crippen LogP contribution in [-0.4, -0.2) is 42.4 Å². The smallest absolute Gasteiger partial charge is 0.319 e. The molecule has 0 aliphatic carbocycles. The summed E-state index contributed by atoms with van der Waals surface area (Å²) in [6.45, 7) is 1.83. The number of carbonyl (C=O) groups excluding carboxylic acids is 1. The molecule has 1 unspecified atom stereocenters. The molecule has 20 heavy (non-hydrogen) atoms. The molecule has 0 heterocycles. The first-order chi connectivity index (χ1) is 9.38. The molecule has 1 atom stereocenters. The Labute approximate surface area is 128 Å². The molecule has 1 aromatic rings. The van der Waals surface area contributed by atoms with Gasteiger partial charge in [0, 0.05) is 17.3 Å². The Morgan fingerprint density at radius 2 is 2.25 bits per heavy atom. The highest BCUT2D eigenvalue weighted by Crippen LogP contribution is 2.27. The van der Waals surface area contributed by atoms with Gasteiger partial charge in [-0.05, 0) is 31.4 Å². The summed E-state index contributed by atoms with van der Waals surface area (Å²) in [6, 6.07) is 4.51. The number of urea groups is 1. The van der Waals surface area contributed by atoms with Crippen LogP contribution in [0.1, 0.15) is 6.92 Å². The zero-order chi connectivity index (χ0) is 15.2. The first-order valence-corrected chi connectivity index (χ1v) is 7.75. The quantitative estimate of drug-likeness (QED) is 0.754. The fourth-order valence-electron chi connectivity index (χ4n) is 1.58. The molecular formula is C13H19ClN2O3S. The number of ether oxygens (including phenoxy) is 1. The SMILES string of the molecule is COc1ccc(Cl)cc1NC(=O)NCC(C)(O)CSC. The Morgan fingerprint density at radius 3 is 2.85 bits per heavy atom. The summed E-state index contributed by atoms with van der Waals surface area (Å²) >= 11 is 7.39. The van der Waals surface area contributed by atoms with Crippen LogP contribution in [0.3, 0.4) is 0 Å². The van der Waals surface area contributed by atoms with Crippen LogP contribution >= 0.6 is 23.4 Å². The molecule has 0 fully saturated rings. The van der Waals surface area contributed by atoms with Crippen molar-refractivity contribution in [3.63, 3.8) is 0 Å². The van der Waals surface area contributed by atoms with Gasteiger partial charge in [0.25, 0.3) is 0 Å². The minimum Gasteiger partial charge on any atom is -0.495 e. The molecule has 0 spiro atoms. The van der Waals surface area contributed by atoms with Crippen molar-refractivity contribution in [3.8, 4) is 5.75 Å². The van der Waals surface area contributed by atoms with Crippen LogP contribution in [0.2, 0.25) is 5.02 Å². The van der Waals surface area contributed by atoms with Crippen LogP contribution in [0, 0.1) is 0 Å². The molecule has 0 bridgehead atoms. The standard InChI is InChI=1S/C13H19ClN2O3S/c1-13(18,8-20-3)7-15-12(17)16-10-6-9(14)4-5-11(10)19-2/h4-6,18H,7-8H2,1-3H3,(H2,15,16,17). The first kappa shape index (κ1) is 16.9. The number of benzene rings is 1. The lowest BCUT2D eigenvalue weighted by atomic mass is 10.1. The lowest BCUT2D eigenvalue weighted by Gasteiger charge is -2.22. The molecule has 3 N–H and O–H groups in total. The molecule has 0 aliphatic rings. The summed E-state index contributed by atoms with van der Waals surface area (Å²) in [5.74, 6) is 1.05. The average molecular weight is 319 g/mol. The summed E-state index contributed by atoms with van der Waals surface area (Å²) in [4.78, 5) is 11.8. The van der Waals surface area contributed by atoms with E-state index in [1.807, 2.05) is 6.26 Å². The van der Waals surface area contributed by atoms with E-state index < -0.39 is 11.6 Å². The van der Waals surface area contributed by atoms with E-state index in [0.29, 0.717) is 22.2 Å². The van der Waals surface area contributed by atoms with Gasteiger partial charge in [-0.15, -0.1) is 0 Å². The number of carbonyl (C=O) groups is 1. The normalized spacial score (nSPS) is 13.4. The highest BCUT2D eigenvalue weighted by molar-refractivity contribution is 7.98. The molecule has 0 aliphatic heterocycles. The highest BCUT2D eigenvalue weighted by Gasteiger charge is 2.20. The summed E-state index contributed by atoms with van der Waals surface area (Å²) in [5.41, 5.74) is -0.475. The topological polar surface area (TPSA) is 70.6 Å². The third kappa shape index (κ3) is 5.48. The number of hydrogen-bond acceptors (Lipinski definition) is 4. The van der Waals surface area contributed by atoms with Crippen LogP contribution in [-0.2, 0) is 0 Å². The van der Waals surface area contributed by atoms with Crippen molar-refractivity contribution in [2.75, 3.05) is 31.0 Å². The molecule has 0 saturated heterocycles. The second kappa shape index (κ2) is 7.61. The Balaban J connectivity index is 2.61. The average Bonchev–Trinajstić information content (AvgIpc) is 2.37. The zero-order valence-corrected chi connectivity index (χ0v) is 13.3. The maximum atomic E-state index is 11.8. The number of thioether (sulfide) groups is 1. The number of nitrogens with one attached hydrogen (secondary N) is 2. The van der Waals surface area contributed by atoms with Crippen molar-refractivity contribution in [2.24, 2.45) is 0 Å². The van der Waals surface area contributed by atoms with E-state index in [9.17, 15) is 9.90 Å². The van der Waals surface area contributed by atoms with Crippen molar-refractivity contribution < 1.29 is 14.6 Å². The Kier molecular flexibility index (Phi) is 6.45. The molecule has 0 radical (unpaired) electrons. The van der Waals surface area contributed by atoms with Gasteiger partial charge in [0.1, 0.15) is 5.75 Å². The van der Waals surface area contributed by atoms with Crippen molar-refractivity contribution in [2.45, 2.75) is 12.5 Å². The summed E-state index contributed by atoms with van der Waals surface area (Å²) in [6.07, 6.45) is 1.89.